The number of rotatable bonds is 3. The molecule has 0 aliphatic carbocycles. The highest BCUT2D eigenvalue weighted by molar-refractivity contribution is 5.61. The van der Waals surface area contributed by atoms with Crippen molar-refractivity contribution in [2.45, 2.75) is 13.0 Å². The van der Waals surface area contributed by atoms with E-state index in [0.717, 1.165) is 5.82 Å². The highest BCUT2D eigenvalue weighted by atomic mass is 15.1. The van der Waals surface area contributed by atoms with E-state index in [1.165, 1.54) is 0 Å². The fraction of sp³-hybridized carbons (Fsp3) is 0.200. The van der Waals surface area contributed by atoms with Crippen molar-refractivity contribution < 1.29 is 0 Å². The molecule has 84 valence electrons. The van der Waals surface area contributed by atoms with E-state index in [1.54, 1.807) is 24.5 Å². The maximum atomic E-state index is 5.62. The second-order valence-corrected chi connectivity index (χ2v) is 3.51. The second kappa shape index (κ2) is 4.09. The number of nitrogens with zero attached hydrogens (tertiary/aromatic N) is 2. The molecule has 0 spiro atoms. The molecule has 0 saturated heterocycles. The first kappa shape index (κ1) is 10.3. The van der Waals surface area contributed by atoms with Crippen LogP contribution in [-0.4, -0.2) is 15.0 Å². The third-order valence-corrected chi connectivity index (χ3v) is 2.25. The molecule has 2 rings (SSSR count). The Hall–Kier alpha value is -2.24. The minimum atomic E-state index is 0.0329. The number of aromatic nitrogens is 3. The molecule has 0 radical (unpaired) electrons. The SMILES string of the molecule is CC(Nc1ccc(N)c(N)n1)c1ncc[nH]1. The number of nitrogen functional groups attached to an aromatic ring is 2. The molecule has 6 N–H and O–H groups in total. The molecule has 0 fully saturated rings. The minimum Gasteiger partial charge on any atom is -0.396 e. The molecule has 1 atom stereocenters. The number of nitrogens with two attached hydrogens (primary N) is 2. The molecule has 0 aromatic carbocycles. The quantitative estimate of drug-likeness (QED) is 0.618. The molecule has 2 heterocycles. The lowest BCUT2D eigenvalue weighted by Gasteiger charge is -2.12. The van der Waals surface area contributed by atoms with Crippen molar-refractivity contribution in [3.05, 3.63) is 30.4 Å². The summed E-state index contributed by atoms with van der Waals surface area (Å²) >= 11 is 0. The van der Waals surface area contributed by atoms with Gasteiger partial charge >= 0.3 is 0 Å². The molecule has 0 bridgehead atoms. The van der Waals surface area contributed by atoms with Crippen LogP contribution in [0.15, 0.2) is 24.5 Å². The second-order valence-electron chi connectivity index (χ2n) is 3.51. The molecule has 0 aliphatic rings. The average Bonchev–Trinajstić information content (AvgIpc) is 2.77. The Kier molecular flexibility index (Phi) is 2.63. The lowest BCUT2D eigenvalue weighted by atomic mass is 10.3. The van der Waals surface area contributed by atoms with Gasteiger partial charge in [0.05, 0.1) is 11.7 Å². The lowest BCUT2D eigenvalue weighted by molar-refractivity contribution is 0.804. The first-order chi connectivity index (χ1) is 7.66. The predicted octanol–water partition coefficient (Wildman–Crippen LogP) is 1.14. The fourth-order valence-electron chi connectivity index (χ4n) is 1.37. The Labute approximate surface area is 93.1 Å². The van der Waals surface area contributed by atoms with Gasteiger partial charge in [0.15, 0.2) is 0 Å². The van der Waals surface area contributed by atoms with Crippen LogP contribution in [0.5, 0.6) is 0 Å². The molecule has 2 aromatic heterocycles. The molecule has 6 heteroatoms. The number of hydrogen-bond acceptors (Lipinski definition) is 5. The van der Waals surface area contributed by atoms with Crippen LogP contribution in [0.4, 0.5) is 17.3 Å². The van der Waals surface area contributed by atoms with Crippen LogP contribution in [0.3, 0.4) is 0 Å². The van der Waals surface area contributed by atoms with Crippen LogP contribution in [0.25, 0.3) is 0 Å². The number of hydrogen-bond donors (Lipinski definition) is 4. The zero-order valence-corrected chi connectivity index (χ0v) is 8.94. The average molecular weight is 218 g/mol. The summed E-state index contributed by atoms with van der Waals surface area (Å²) in [6, 6.07) is 3.54. The van der Waals surface area contributed by atoms with Crippen molar-refractivity contribution in [1.29, 1.82) is 0 Å². The third kappa shape index (κ3) is 2.05. The first-order valence-corrected chi connectivity index (χ1v) is 4.94. The fourth-order valence-corrected chi connectivity index (χ4v) is 1.37. The monoisotopic (exact) mass is 218 g/mol. The summed E-state index contributed by atoms with van der Waals surface area (Å²) in [6.45, 7) is 1.98. The Morgan fingerprint density at radius 3 is 2.81 bits per heavy atom. The Morgan fingerprint density at radius 1 is 1.38 bits per heavy atom. The van der Waals surface area contributed by atoms with Crippen LogP contribution in [0, 0.1) is 0 Å². The van der Waals surface area contributed by atoms with Gasteiger partial charge in [0.2, 0.25) is 0 Å². The Balaban J connectivity index is 2.12. The molecule has 0 amide bonds. The van der Waals surface area contributed by atoms with Gasteiger partial charge in [0, 0.05) is 12.4 Å². The molecular weight excluding hydrogens is 204 g/mol. The molecular formula is C10H14N6. The molecule has 1 unspecified atom stereocenters. The van der Waals surface area contributed by atoms with Crippen molar-refractivity contribution >= 4 is 17.3 Å². The van der Waals surface area contributed by atoms with E-state index in [0.29, 0.717) is 17.3 Å². The van der Waals surface area contributed by atoms with Crippen molar-refractivity contribution in [3.63, 3.8) is 0 Å². The van der Waals surface area contributed by atoms with Gasteiger partial charge in [-0.1, -0.05) is 0 Å². The Bertz CT molecular complexity index is 464. The van der Waals surface area contributed by atoms with E-state index in [9.17, 15) is 0 Å². The summed E-state index contributed by atoms with van der Waals surface area (Å²) < 4.78 is 0. The number of aromatic amines is 1. The summed E-state index contributed by atoms with van der Waals surface area (Å²) in [5.41, 5.74) is 11.7. The summed E-state index contributed by atoms with van der Waals surface area (Å²) in [5, 5.41) is 3.17. The van der Waals surface area contributed by atoms with Crippen molar-refractivity contribution in [1.82, 2.24) is 15.0 Å². The lowest BCUT2D eigenvalue weighted by Crippen LogP contribution is -2.10. The summed E-state index contributed by atoms with van der Waals surface area (Å²) in [6.07, 6.45) is 3.48. The van der Waals surface area contributed by atoms with Crippen molar-refractivity contribution in [2.75, 3.05) is 16.8 Å². The van der Waals surface area contributed by atoms with E-state index in [-0.39, 0.29) is 6.04 Å². The van der Waals surface area contributed by atoms with Gasteiger partial charge in [0.1, 0.15) is 17.5 Å². The summed E-state index contributed by atoms with van der Waals surface area (Å²) in [5.74, 6) is 1.85. The van der Waals surface area contributed by atoms with Crippen LogP contribution >= 0.6 is 0 Å². The van der Waals surface area contributed by atoms with Crippen LogP contribution < -0.4 is 16.8 Å². The molecule has 0 aliphatic heterocycles. The number of nitrogens with one attached hydrogen (secondary N) is 2. The van der Waals surface area contributed by atoms with Gasteiger partial charge < -0.3 is 21.8 Å². The van der Waals surface area contributed by atoms with E-state index in [2.05, 4.69) is 20.3 Å². The minimum absolute atomic E-state index is 0.0329. The normalized spacial score (nSPS) is 12.3. The van der Waals surface area contributed by atoms with E-state index >= 15 is 0 Å². The number of pyridine rings is 1. The zero-order valence-electron chi connectivity index (χ0n) is 8.94. The van der Waals surface area contributed by atoms with Crippen LogP contribution in [-0.2, 0) is 0 Å². The topological polar surface area (TPSA) is 106 Å². The van der Waals surface area contributed by atoms with Crippen molar-refractivity contribution in [3.8, 4) is 0 Å². The largest absolute Gasteiger partial charge is 0.396 e. The van der Waals surface area contributed by atoms with Crippen LogP contribution in [0.1, 0.15) is 18.8 Å². The maximum Gasteiger partial charge on any atom is 0.149 e. The highest BCUT2D eigenvalue weighted by Gasteiger charge is 2.08. The van der Waals surface area contributed by atoms with E-state index < -0.39 is 0 Å². The number of H-pyrrole nitrogens is 1. The molecule has 2 aromatic rings. The van der Waals surface area contributed by atoms with Gasteiger partial charge in [-0.3, -0.25) is 0 Å². The van der Waals surface area contributed by atoms with Gasteiger partial charge in [-0.2, -0.15) is 0 Å². The third-order valence-electron chi connectivity index (χ3n) is 2.25. The number of anilines is 3. The Morgan fingerprint density at radius 2 is 2.19 bits per heavy atom. The van der Waals surface area contributed by atoms with Gasteiger partial charge in [-0.25, -0.2) is 9.97 Å². The first-order valence-electron chi connectivity index (χ1n) is 4.94. The highest BCUT2D eigenvalue weighted by Crippen LogP contribution is 2.18. The van der Waals surface area contributed by atoms with Gasteiger partial charge in [-0.05, 0) is 19.1 Å². The zero-order chi connectivity index (χ0) is 11.5. The number of imidazole rings is 1. The maximum absolute atomic E-state index is 5.62. The van der Waals surface area contributed by atoms with Gasteiger partial charge in [-0.15, -0.1) is 0 Å². The molecule has 0 saturated carbocycles. The van der Waals surface area contributed by atoms with E-state index in [1.807, 2.05) is 6.92 Å². The summed E-state index contributed by atoms with van der Waals surface area (Å²) in [4.78, 5) is 11.3. The van der Waals surface area contributed by atoms with Crippen molar-refractivity contribution in [2.24, 2.45) is 0 Å². The molecule has 6 nitrogen and oxygen atoms in total. The standard InChI is InChI=1S/C10H14N6/c1-6(10-13-4-5-14-10)15-8-3-2-7(11)9(12)16-8/h2-6H,11H2,1H3,(H,13,14)(H3,12,15,16). The van der Waals surface area contributed by atoms with E-state index in [4.69, 9.17) is 11.5 Å². The van der Waals surface area contributed by atoms with Crippen LogP contribution in [0.2, 0.25) is 0 Å². The molecule has 16 heavy (non-hydrogen) atoms. The van der Waals surface area contributed by atoms with Gasteiger partial charge in [0.25, 0.3) is 0 Å². The smallest absolute Gasteiger partial charge is 0.149 e. The predicted molar refractivity (Wildman–Crippen MR) is 63.7 cm³/mol. The summed E-state index contributed by atoms with van der Waals surface area (Å²) in [7, 11) is 0.